The summed E-state index contributed by atoms with van der Waals surface area (Å²) < 4.78 is 5.40. The molecule has 1 aromatic carbocycles. The van der Waals surface area contributed by atoms with Crippen LogP contribution in [0.1, 0.15) is 20.3 Å². The van der Waals surface area contributed by atoms with Crippen LogP contribution in [0.15, 0.2) is 18.2 Å². The smallest absolute Gasteiger partial charge is 0.223 e. The molecule has 1 rings (SSSR count). The maximum Gasteiger partial charge on any atom is 0.223 e. The summed E-state index contributed by atoms with van der Waals surface area (Å²) in [5, 5.41) is 3.23. The monoisotopic (exact) mass is 256 g/mol. The number of hydrogen-bond donors (Lipinski definition) is 2. The predicted molar refractivity (Wildman–Crippen MR) is 69.3 cm³/mol. The maximum absolute atomic E-state index is 11.3. The lowest BCUT2D eigenvalue weighted by Gasteiger charge is -2.10. The highest BCUT2D eigenvalue weighted by Crippen LogP contribution is 2.26. The van der Waals surface area contributed by atoms with E-state index in [-0.39, 0.29) is 11.9 Å². The highest BCUT2D eigenvalue weighted by molar-refractivity contribution is 6.32. The molecule has 1 aromatic rings. The molecule has 0 aliphatic heterocycles. The second-order valence-corrected chi connectivity index (χ2v) is 4.42. The molecule has 0 unspecified atom stereocenters. The van der Waals surface area contributed by atoms with Gasteiger partial charge in [0.2, 0.25) is 5.91 Å². The third-order valence-electron chi connectivity index (χ3n) is 1.99. The van der Waals surface area contributed by atoms with Crippen molar-refractivity contribution >= 4 is 23.2 Å². The number of nitrogens with two attached hydrogens (primary N) is 1. The zero-order valence-electron chi connectivity index (χ0n) is 10.00. The van der Waals surface area contributed by atoms with Crippen LogP contribution in [0.25, 0.3) is 0 Å². The zero-order chi connectivity index (χ0) is 12.8. The molecule has 0 saturated heterocycles. The summed E-state index contributed by atoms with van der Waals surface area (Å²) in [5.74, 6) is 0.504. The van der Waals surface area contributed by atoms with Gasteiger partial charge in [0.05, 0.1) is 18.1 Å². The largest absolute Gasteiger partial charge is 0.491 e. The van der Waals surface area contributed by atoms with E-state index in [2.05, 4.69) is 5.32 Å². The van der Waals surface area contributed by atoms with Crippen molar-refractivity contribution in [2.75, 3.05) is 12.3 Å². The predicted octanol–water partition coefficient (Wildman–Crippen LogP) is 2.22. The van der Waals surface area contributed by atoms with Crippen LogP contribution in [0.5, 0.6) is 5.75 Å². The molecule has 0 atom stereocenters. The second kappa shape index (κ2) is 6.35. The molecule has 0 spiro atoms. The van der Waals surface area contributed by atoms with Gasteiger partial charge in [-0.1, -0.05) is 11.6 Å². The number of nitrogen functional groups attached to an aromatic ring is 1. The molecule has 17 heavy (non-hydrogen) atoms. The van der Waals surface area contributed by atoms with Crippen LogP contribution < -0.4 is 15.8 Å². The minimum atomic E-state index is -0.0356. The van der Waals surface area contributed by atoms with Gasteiger partial charge in [-0.2, -0.15) is 0 Å². The van der Waals surface area contributed by atoms with E-state index in [1.807, 2.05) is 13.8 Å². The molecule has 0 saturated carbocycles. The Balaban J connectivity index is 2.38. The van der Waals surface area contributed by atoms with E-state index in [1.54, 1.807) is 18.2 Å². The summed E-state index contributed by atoms with van der Waals surface area (Å²) in [6.45, 7) is 4.12. The number of carbonyl (C=O) groups excluding carboxylic acids is 1. The first kappa shape index (κ1) is 13.6. The quantitative estimate of drug-likeness (QED) is 0.794. The third kappa shape index (κ3) is 4.95. The van der Waals surface area contributed by atoms with Crippen molar-refractivity contribution < 1.29 is 9.53 Å². The summed E-state index contributed by atoms with van der Waals surface area (Å²) in [6, 6.07) is 5.15. The topological polar surface area (TPSA) is 64.3 Å². The Hall–Kier alpha value is -1.42. The van der Waals surface area contributed by atoms with Crippen molar-refractivity contribution in [1.82, 2.24) is 5.32 Å². The van der Waals surface area contributed by atoms with Crippen molar-refractivity contribution in [2.24, 2.45) is 0 Å². The maximum atomic E-state index is 11.3. The molecular weight excluding hydrogens is 240 g/mol. The first-order valence-electron chi connectivity index (χ1n) is 5.46. The second-order valence-electron chi connectivity index (χ2n) is 4.01. The van der Waals surface area contributed by atoms with E-state index in [9.17, 15) is 4.79 Å². The highest BCUT2D eigenvalue weighted by atomic mass is 35.5. The Morgan fingerprint density at radius 2 is 2.24 bits per heavy atom. The Kier molecular flexibility index (Phi) is 5.10. The summed E-state index contributed by atoms with van der Waals surface area (Å²) >= 11 is 5.92. The van der Waals surface area contributed by atoms with Gasteiger partial charge in [-0.05, 0) is 32.0 Å². The number of carbonyl (C=O) groups is 1. The van der Waals surface area contributed by atoms with Gasteiger partial charge in [-0.25, -0.2) is 0 Å². The summed E-state index contributed by atoms with van der Waals surface area (Å²) in [7, 11) is 0. The lowest BCUT2D eigenvalue weighted by molar-refractivity contribution is -0.122. The van der Waals surface area contributed by atoms with Gasteiger partial charge in [0.15, 0.2) is 0 Å². The van der Waals surface area contributed by atoms with Gasteiger partial charge in [-0.3, -0.25) is 4.79 Å². The molecule has 0 bridgehead atoms. The van der Waals surface area contributed by atoms with E-state index in [1.165, 1.54) is 0 Å². The molecule has 3 N–H and O–H groups in total. The average Bonchev–Trinajstić information content (AvgIpc) is 2.20. The van der Waals surface area contributed by atoms with Crippen LogP contribution in [-0.4, -0.2) is 18.6 Å². The summed E-state index contributed by atoms with van der Waals surface area (Å²) in [5.41, 5.74) is 6.14. The van der Waals surface area contributed by atoms with E-state index in [0.29, 0.717) is 29.5 Å². The van der Waals surface area contributed by atoms with Crippen LogP contribution in [0.3, 0.4) is 0 Å². The molecule has 0 fully saturated rings. The molecular formula is C12H17ClN2O2. The molecule has 0 aromatic heterocycles. The highest BCUT2D eigenvalue weighted by Gasteiger charge is 2.05. The van der Waals surface area contributed by atoms with Crippen molar-refractivity contribution in [3.8, 4) is 5.75 Å². The Morgan fingerprint density at radius 3 is 2.82 bits per heavy atom. The Morgan fingerprint density at radius 1 is 1.53 bits per heavy atom. The fourth-order valence-corrected chi connectivity index (χ4v) is 1.53. The first-order chi connectivity index (χ1) is 7.99. The van der Waals surface area contributed by atoms with Crippen LogP contribution in [0, 0.1) is 0 Å². The number of hydrogen-bond acceptors (Lipinski definition) is 3. The SMILES string of the molecule is CC(C)NC(=O)CCOc1ccc(N)cc1Cl. The number of nitrogens with one attached hydrogen (secondary N) is 1. The van der Waals surface area contributed by atoms with Gasteiger partial charge < -0.3 is 15.8 Å². The van der Waals surface area contributed by atoms with E-state index >= 15 is 0 Å². The number of halogens is 1. The fraction of sp³-hybridized carbons (Fsp3) is 0.417. The summed E-state index contributed by atoms with van der Waals surface area (Å²) in [4.78, 5) is 11.3. The van der Waals surface area contributed by atoms with Gasteiger partial charge >= 0.3 is 0 Å². The average molecular weight is 257 g/mol. The molecule has 0 aliphatic rings. The molecule has 4 nitrogen and oxygen atoms in total. The minimum Gasteiger partial charge on any atom is -0.491 e. The van der Waals surface area contributed by atoms with Gasteiger partial charge in [-0.15, -0.1) is 0 Å². The first-order valence-corrected chi connectivity index (χ1v) is 5.84. The van der Waals surface area contributed by atoms with Crippen LogP contribution >= 0.6 is 11.6 Å². The lowest BCUT2D eigenvalue weighted by atomic mass is 10.3. The van der Waals surface area contributed by atoms with Crippen molar-refractivity contribution in [3.63, 3.8) is 0 Å². The number of anilines is 1. The van der Waals surface area contributed by atoms with E-state index < -0.39 is 0 Å². The van der Waals surface area contributed by atoms with Gasteiger partial charge in [0, 0.05) is 11.7 Å². The molecule has 5 heteroatoms. The molecule has 0 heterocycles. The van der Waals surface area contributed by atoms with Gasteiger partial charge in [0.25, 0.3) is 0 Å². The minimum absolute atomic E-state index is 0.0356. The normalized spacial score (nSPS) is 10.4. The van der Waals surface area contributed by atoms with Crippen molar-refractivity contribution in [2.45, 2.75) is 26.3 Å². The van der Waals surface area contributed by atoms with E-state index in [4.69, 9.17) is 22.1 Å². The molecule has 1 amide bonds. The molecule has 94 valence electrons. The van der Waals surface area contributed by atoms with Crippen LogP contribution in [0.4, 0.5) is 5.69 Å². The van der Waals surface area contributed by atoms with Crippen molar-refractivity contribution in [1.29, 1.82) is 0 Å². The van der Waals surface area contributed by atoms with Gasteiger partial charge in [0.1, 0.15) is 5.75 Å². The van der Waals surface area contributed by atoms with Crippen LogP contribution in [-0.2, 0) is 4.79 Å². The van der Waals surface area contributed by atoms with Crippen molar-refractivity contribution in [3.05, 3.63) is 23.2 Å². The van der Waals surface area contributed by atoms with Crippen LogP contribution in [0.2, 0.25) is 5.02 Å². The Labute approximate surface area is 106 Å². The number of benzene rings is 1. The number of ether oxygens (including phenoxy) is 1. The lowest BCUT2D eigenvalue weighted by Crippen LogP contribution is -2.31. The Bertz CT molecular complexity index is 394. The molecule has 0 radical (unpaired) electrons. The standard InChI is InChI=1S/C12H17ClN2O2/c1-8(2)15-12(16)5-6-17-11-4-3-9(14)7-10(11)13/h3-4,7-8H,5-6,14H2,1-2H3,(H,15,16). The number of rotatable bonds is 5. The number of amides is 1. The van der Waals surface area contributed by atoms with E-state index in [0.717, 1.165) is 0 Å². The molecule has 0 aliphatic carbocycles. The zero-order valence-corrected chi connectivity index (χ0v) is 10.8. The summed E-state index contributed by atoms with van der Waals surface area (Å²) in [6.07, 6.45) is 0.304. The third-order valence-corrected chi connectivity index (χ3v) is 2.29. The fourth-order valence-electron chi connectivity index (χ4n) is 1.28.